The van der Waals surface area contributed by atoms with E-state index in [4.69, 9.17) is 9.47 Å². The van der Waals surface area contributed by atoms with Crippen LogP contribution in [0.15, 0.2) is 35.1 Å². The van der Waals surface area contributed by atoms with Gasteiger partial charge in [0.05, 0.1) is 24.3 Å². The number of hydrogen-bond acceptors (Lipinski definition) is 4. The van der Waals surface area contributed by atoms with Gasteiger partial charge in [0.2, 0.25) is 0 Å². The van der Waals surface area contributed by atoms with Crippen LogP contribution in [0.1, 0.15) is 10.4 Å². The van der Waals surface area contributed by atoms with Gasteiger partial charge in [-0.05, 0) is 33.6 Å². The van der Waals surface area contributed by atoms with E-state index in [1.807, 2.05) is 0 Å². The predicted octanol–water partition coefficient (Wildman–Crippen LogP) is 3.23. The van der Waals surface area contributed by atoms with Crippen LogP contribution < -0.4 is 9.47 Å². The molecule has 2 rings (SSSR count). The lowest BCUT2D eigenvalue weighted by molar-refractivity contribution is 0.0696. The Labute approximate surface area is 124 Å². The number of aromatic carboxylic acids is 1. The van der Waals surface area contributed by atoms with Crippen molar-refractivity contribution < 1.29 is 19.4 Å². The van der Waals surface area contributed by atoms with E-state index in [9.17, 15) is 9.90 Å². The average molecular weight is 338 g/mol. The fraction of sp³-hybridized carbons (Fsp3) is 0.143. The molecule has 104 valence electrons. The topological polar surface area (TPSA) is 68.7 Å². The zero-order chi connectivity index (χ0) is 14.7. The average Bonchev–Trinajstić information content (AvgIpc) is 2.45. The van der Waals surface area contributed by atoms with E-state index in [-0.39, 0.29) is 5.56 Å². The Morgan fingerprint density at radius 1 is 1.20 bits per heavy atom. The molecule has 0 saturated heterocycles. The van der Waals surface area contributed by atoms with Crippen LogP contribution >= 0.6 is 15.9 Å². The molecule has 0 spiro atoms. The number of halogens is 1. The van der Waals surface area contributed by atoms with Crippen molar-refractivity contribution >= 4 is 21.9 Å². The monoisotopic (exact) mass is 337 g/mol. The van der Waals surface area contributed by atoms with Gasteiger partial charge >= 0.3 is 5.97 Å². The normalized spacial score (nSPS) is 10.2. The second-order valence-corrected chi connectivity index (χ2v) is 4.77. The van der Waals surface area contributed by atoms with Gasteiger partial charge in [-0.25, -0.2) is 4.79 Å². The highest BCUT2D eigenvalue weighted by atomic mass is 79.9. The number of ether oxygens (including phenoxy) is 2. The number of carboxylic acids is 1. The maximum absolute atomic E-state index is 11.4. The third-order valence-corrected chi connectivity index (χ3v) is 3.41. The first kappa shape index (κ1) is 14.3. The molecule has 1 aromatic heterocycles. The molecule has 1 aromatic carbocycles. The number of nitrogens with zero attached hydrogens (tertiary/aromatic N) is 1. The smallest absolute Gasteiger partial charge is 0.337 e. The van der Waals surface area contributed by atoms with Gasteiger partial charge in [-0.2, -0.15) is 0 Å². The Morgan fingerprint density at radius 2 is 1.90 bits per heavy atom. The number of carboxylic acid groups (broad SMARTS) is 1. The van der Waals surface area contributed by atoms with Crippen molar-refractivity contribution in [3.8, 4) is 22.6 Å². The highest BCUT2D eigenvalue weighted by Gasteiger charge is 2.17. The SMILES string of the molecule is COc1ccc(-c2cncc(Br)c2C(=O)O)cc1OC. The van der Waals surface area contributed by atoms with Crippen LogP contribution in [0.5, 0.6) is 11.5 Å². The van der Waals surface area contributed by atoms with Crippen LogP contribution in [0.4, 0.5) is 0 Å². The number of pyridine rings is 1. The summed E-state index contributed by atoms with van der Waals surface area (Å²) >= 11 is 3.21. The van der Waals surface area contributed by atoms with Crippen LogP contribution in [0.25, 0.3) is 11.1 Å². The number of benzene rings is 1. The molecular formula is C14H12BrNO4. The molecule has 0 unspecified atom stereocenters. The standard InChI is InChI=1S/C14H12BrNO4/c1-19-11-4-3-8(5-12(11)20-2)9-6-16-7-10(15)13(9)14(17)18/h3-7H,1-2H3,(H,17,18). The Kier molecular flexibility index (Phi) is 4.24. The lowest BCUT2D eigenvalue weighted by Gasteiger charge is -2.11. The van der Waals surface area contributed by atoms with Crippen molar-refractivity contribution in [1.82, 2.24) is 4.98 Å². The van der Waals surface area contributed by atoms with E-state index in [1.54, 1.807) is 25.3 Å². The van der Waals surface area contributed by atoms with Gasteiger partial charge in [0, 0.05) is 18.0 Å². The van der Waals surface area contributed by atoms with Gasteiger partial charge in [0.15, 0.2) is 11.5 Å². The molecule has 1 heterocycles. The van der Waals surface area contributed by atoms with E-state index in [0.717, 1.165) is 0 Å². The van der Waals surface area contributed by atoms with Crippen molar-refractivity contribution in [2.75, 3.05) is 14.2 Å². The number of carbonyl (C=O) groups is 1. The summed E-state index contributed by atoms with van der Waals surface area (Å²) in [4.78, 5) is 15.4. The Hall–Kier alpha value is -2.08. The summed E-state index contributed by atoms with van der Waals surface area (Å²) in [6.45, 7) is 0. The van der Waals surface area contributed by atoms with E-state index < -0.39 is 5.97 Å². The first-order chi connectivity index (χ1) is 9.58. The summed E-state index contributed by atoms with van der Waals surface area (Å²) in [5.41, 5.74) is 1.36. The molecule has 0 saturated carbocycles. The molecule has 1 N–H and O–H groups in total. The molecule has 0 aliphatic heterocycles. The van der Waals surface area contributed by atoms with Gasteiger partial charge < -0.3 is 14.6 Å². The van der Waals surface area contributed by atoms with Crippen molar-refractivity contribution in [3.63, 3.8) is 0 Å². The molecule has 0 bridgehead atoms. The minimum Gasteiger partial charge on any atom is -0.493 e. The molecule has 0 fully saturated rings. The van der Waals surface area contributed by atoms with Gasteiger partial charge in [-0.3, -0.25) is 4.98 Å². The minimum atomic E-state index is -1.02. The van der Waals surface area contributed by atoms with Gasteiger partial charge in [-0.1, -0.05) is 6.07 Å². The Morgan fingerprint density at radius 3 is 2.50 bits per heavy atom. The zero-order valence-corrected chi connectivity index (χ0v) is 12.5. The minimum absolute atomic E-state index is 0.159. The third-order valence-electron chi connectivity index (χ3n) is 2.81. The Balaban J connectivity index is 2.63. The highest BCUT2D eigenvalue weighted by molar-refractivity contribution is 9.10. The fourth-order valence-corrected chi connectivity index (χ4v) is 2.38. The lowest BCUT2D eigenvalue weighted by Crippen LogP contribution is -2.02. The summed E-state index contributed by atoms with van der Waals surface area (Å²) < 4.78 is 10.8. The van der Waals surface area contributed by atoms with Gasteiger partial charge in [0.25, 0.3) is 0 Å². The van der Waals surface area contributed by atoms with E-state index in [1.165, 1.54) is 19.5 Å². The number of hydrogen-bond donors (Lipinski definition) is 1. The largest absolute Gasteiger partial charge is 0.493 e. The maximum atomic E-state index is 11.4. The predicted molar refractivity (Wildman–Crippen MR) is 77.4 cm³/mol. The van der Waals surface area contributed by atoms with E-state index in [0.29, 0.717) is 27.1 Å². The zero-order valence-electron chi connectivity index (χ0n) is 10.9. The summed E-state index contributed by atoms with van der Waals surface area (Å²) in [7, 11) is 3.07. The van der Waals surface area contributed by atoms with Crippen LogP contribution in [0.2, 0.25) is 0 Å². The second kappa shape index (κ2) is 5.92. The number of rotatable bonds is 4. The van der Waals surface area contributed by atoms with E-state index in [2.05, 4.69) is 20.9 Å². The van der Waals surface area contributed by atoms with Crippen molar-refractivity contribution in [2.45, 2.75) is 0 Å². The molecule has 6 heteroatoms. The second-order valence-electron chi connectivity index (χ2n) is 3.92. The van der Waals surface area contributed by atoms with Crippen molar-refractivity contribution in [2.24, 2.45) is 0 Å². The quantitative estimate of drug-likeness (QED) is 0.927. The summed E-state index contributed by atoms with van der Waals surface area (Å²) in [6.07, 6.45) is 2.96. The molecule has 2 aromatic rings. The first-order valence-corrected chi connectivity index (χ1v) is 6.47. The van der Waals surface area contributed by atoms with Crippen LogP contribution in [-0.4, -0.2) is 30.3 Å². The molecule has 20 heavy (non-hydrogen) atoms. The summed E-state index contributed by atoms with van der Waals surface area (Å²) in [6, 6.07) is 5.20. The molecule has 0 aliphatic carbocycles. The Bertz CT molecular complexity index is 658. The molecule has 5 nitrogen and oxygen atoms in total. The van der Waals surface area contributed by atoms with Crippen LogP contribution in [-0.2, 0) is 0 Å². The molecule has 0 atom stereocenters. The molecule has 0 aliphatic rings. The summed E-state index contributed by atoms with van der Waals surface area (Å²) in [5, 5.41) is 9.32. The van der Waals surface area contributed by atoms with Gasteiger partial charge in [0.1, 0.15) is 0 Å². The molecule has 0 amide bonds. The van der Waals surface area contributed by atoms with Crippen LogP contribution in [0, 0.1) is 0 Å². The number of aromatic nitrogens is 1. The van der Waals surface area contributed by atoms with Crippen molar-refractivity contribution in [3.05, 3.63) is 40.6 Å². The van der Waals surface area contributed by atoms with Crippen LogP contribution in [0.3, 0.4) is 0 Å². The maximum Gasteiger partial charge on any atom is 0.337 e. The highest BCUT2D eigenvalue weighted by Crippen LogP contribution is 2.35. The first-order valence-electron chi connectivity index (χ1n) is 5.67. The van der Waals surface area contributed by atoms with Gasteiger partial charge in [-0.15, -0.1) is 0 Å². The molecular weight excluding hydrogens is 326 g/mol. The fourth-order valence-electron chi connectivity index (χ4n) is 1.87. The summed E-state index contributed by atoms with van der Waals surface area (Å²) in [5.74, 6) is 0.0847. The lowest BCUT2D eigenvalue weighted by atomic mass is 10.0. The van der Waals surface area contributed by atoms with Crippen molar-refractivity contribution in [1.29, 1.82) is 0 Å². The molecule has 0 radical (unpaired) electrons. The number of methoxy groups -OCH3 is 2. The third kappa shape index (κ3) is 2.60. The van der Waals surface area contributed by atoms with E-state index >= 15 is 0 Å².